The number of hydrogen-bond acceptors (Lipinski definition) is 4. The van der Waals surface area contributed by atoms with Crippen molar-refractivity contribution in [3.63, 3.8) is 0 Å². The quantitative estimate of drug-likeness (QED) is 0.215. The van der Waals surface area contributed by atoms with Crippen molar-refractivity contribution in [3.8, 4) is 0 Å². The second-order valence-corrected chi connectivity index (χ2v) is 10.2. The van der Waals surface area contributed by atoms with E-state index in [-0.39, 0.29) is 5.54 Å². The van der Waals surface area contributed by atoms with Gasteiger partial charge in [-0.25, -0.2) is 0 Å². The Balaban J connectivity index is 1.81. The molecule has 2 aromatic carbocycles. The normalized spacial score (nSPS) is 14.0. The SMILES string of the molecule is CCN(CC)c1ccc(CNC(C)(C)C(N)(I)c2ccnc3cc(Cl)ccc23)cc1. The molecular weight excluding hydrogens is 507 g/mol. The molecular formula is C24H30ClIN4. The zero-order chi connectivity index (χ0) is 21.9. The van der Waals surface area contributed by atoms with Gasteiger partial charge in [0, 0.05) is 47.5 Å². The van der Waals surface area contributed by atoms with Gasteiger partial charge in [0.2, 0.25) is 0 Å². The van der Waals surface area contributed by atoms with Gasteiger partial charge in [-0.05, 0) is 69.2 Å². The summed E-state index contributed by atoms with van der Waals surface area (Å²) in [6.07, 6.45) is 1.80. The van der Waals surface area contributed by atoms with Gasteiger partial charge in [-0.2, -0.15) is 0 Å². The monoisotopic (exact) mass is 536 g/mol. The van der Waals surface area contributed by atoms with Gasteiger partial charge in [-0.15, -0.1) is 0 Å². The first-order valence-electron chi connectivity index (χ1n) is 10.3. The molecule has 0 aliphatic rings. The van der Waals surface area contributed by atoms with E-state index in [2.05, 4.69) is 89.8 Å². The number of halogens is 2. The van der Waals surface area contributed by atoms with Gasteiger partial charge in [-0.3, -0.25) is 4.98 Å². The molecule has 3 N–H and O–H groups in total. The molecule has 1 atom stereocenters. The Bertz CT molecular complexity index is 998. The van der Waals surface area contributed by atoms with E-state index in [1.54, 1.807) is 6.20 Å². The number of nitrogens with two attached hydrogens (primary N) is 1. The average Bonchev–Trinajstić information content (AvgIpc) is 2.73. The van der Waals surface area contributed by atoms with Gasteiger partial charge in [0.15, 0.2) is 0 Å². The number of aromatic nitrogens is 1. The smallest absolute Gasteiger partial charge is 0.112 e. The van der Waals surface area contributed by atoms with E-state index in [9.17, 15) is 0 Å². The van der Waals surface area contributed by atoms with E-state index in [0.29, 0.717) is 5.02 Å². The van der Waals surface area contributed by atoms with Crippen LogP contribution in [0.3, 0.4) is 0 Å². The molecule has 0 aliphatic carbocycles. The molecule has 0 saturated heterocycles. The van der Waals surface area contributed by atoms with E-state index < -0.39 is 3.55 Å². The number of pyridine rings is 1. The standard InChI is InChI=1S/C24H30ClIN4/c1-5-30(6-2)19-10-7-17(8-11-19)16-29-23(3,4)24(26,27)21-13-14-28-22-15-18(25)9-12-20(21)22/h7-15,29H,5-6,16,27H2,1-4H3. The van der Waals surface area contributed by atoms with E-state index in [0.717, 1.165) is 36.1 Å². The third kappa shape index (κ3) is 4.74. The van der Waals surface area contributed by atoms with Crippen molar-refractivity contribution in [2.75, 3.05) is 18.0 Å². The van der Waals surface area contributed by atoms with Gasteiger partial charge in [0.1, 0.15) is 3.55 Å². The van der Waals surface area contributed by atoms with Crippen LogP contribution in [0.5, 0.6) is 0 Å². The van der Waals surface area contributed by atoms with Crippen molar-refractivity contribution in [3.05, 3.63) is 70.9 Å². The number of anilines is 1. The van der Waals surface area contributed by atoms with E-state index in [4.69, 9.17) is 17.3 Å². The predicted octanol–water partition coefficient (Wildman–Crippen LogP) is 5.85. The van der Waals surface area contributed by atoms with E-state index in [1.165, 1.54) is 11.3 Å². The van der Waals surface area contributed by atoms with Gasteiger partial charge in [-0.1, -0.05) is 52.4 Å². The lowest BCUT2D eigenvalue weighted by molar-refractivity contribution is 0.307. The fourth-order valence-corrected chi connectivity index (χ4v) is 4.47. The Morgan fingerprint density at radius 1 is 1.07 bits per heavy atom. The molecule has 0 saturated carbocycles. The van der Waals surface area contributed by atoms with Crippen LogP contribution in [0.2, 0.25) is 5.02 Å². The lowest BCUT2D eigenvalue weighted by Gasteiger charge is -2.41. The molecule has 0 fully saturated rings. The Morgan fingerprint density at radius 2 is 1.73 bits per heavy atom. The van der Waals surface area contributed by atoms with Crippen molar-refractivity contribution in [1.29, 1.82) is 0 Å². The molecule has 1 heterocycles. The second-order valence-electron chi connectivity index (χ2n) is 8.05. The van der Waals surface area contributed by atoms with E-state index in [1.807, 2.05) is 24.3 Å². The van der Waals surface area contributed by atoms with Crippen molar-refractivity contribution in [2.24, 2.45) is 5.73 Å². The zero-order valence-electron chi connectivity index (χ0n) is 18.0. The molecule has 0 amide bonds. The summed E-state index contributed by atoms with van der Waals surface area (Å²) >= 11 is 8.51. The first kappa shape index (κ1) is 23.3. The highest BCUT2D eigenvalue weighted by Crippen LogP contribution is 2.40. The van der Waals surface area contributed by atoms with Crippen LogP contribution in [0.4, 0.5) is 5.69 Å². The Morgan fingerprint density at radius 3 is 2.37 bits per heavy atom. The number of nitrogens with zero attached hydrogens (tertiary/aromatic N) is 2. The molecule has 160 valence electrons. The van der Waals surface area contributed by atoms with Crippen LogP contribution >= 0.6 is 34.2 Å². The largest absolute Gasteiger partial charge is 0.372 e. The summed E-state index contributed by atoms with van der Waals surface area (Å²) in [5.74, 6) is 0. The summed E-state index contributed by atoms with van der Waals surface area (Å²) in [5.41, 5.74) is 11.0. The third-order valence-corrected chi connectivity index (χ3v) is 7.97. The maximum Gasteiger partial charge on any atom is 0.112 e. The second kappa shape index (κ2) is 9.39. The molecule has 3 rings (SSSR count). The molecule has 0 bridgehead atoms. The highest BCUT2D eigenvalue weighted by molar-refractivity contribution is 14.1. The molecule has 1 aromatic heterocycles. The van der Waals surface area contributed by atoms with Gasteiger partial charge >= 0.3 is 0 Å². The van der Waals surface area contributed by atoms with Gasteiger partial charge in [0.05, 0.1) is 5.52 Å². The average molecular weight is 537 g/mol. The number of alkyl halides is 1. The fraction of sp³-hybridized carbons (Fsp3) is 0.375. The molecule has 0 radical (unpaired) electrons. The van der Waals surface area contributed by atoms with Crippen LogP contribution in [-0.2, 0) is 10.1 Å². The summed E-state index contributed by atoms with van der Waals surface area (Å²) in [6.45, 7) is 11.4. The summed E-state index contributed by atoms with van der Waals surface area (Å²) < 4.78 is -0.652. The fourth-order valence-electron chi connectivity index (χ4n) is 3.64. The molecule has 1 unspecified atom stereocenters. The molecule has 0 aliphatic heterocycles. The van der Waals surface area contributed by atoms with Crippen LogP contribution < -0.4 is 16.0 Å². The van der Waals surface area contributed by atoms with Gasteiger partial charge < -0.3 is 16.0 Å². The molecule has 3 aromatic rings. The van der Waals surface area contributed by atoms with Crippen LogP contribution in [0.1, 0.15) is 38.8 Å². The zero-order valence-corrected chi connectivity index (χ0v) is 21.0. The Kier molecular flexibility index (Phi) is 7.28. The lowest BCUT2D eigenvalue weighted by Crippen LogP contribution is -2.58. The minimum atomic E-state index is -0.652. The molecule has 30 heavy (non-hydrogen) atoms. The number of benzene rings is 2. The summed E-state index contributed by atoms with van der Waals surface area (Å²) in [4.78, 5) is 6.81. The first-order valence-corrected chi connectivity index (χ1v) is 11.8. The van der Waals surface area contributed by atoms with Crippen LogP contribution in [-0.4, -0.2) is 23.6 Å². The van der Waals surface area contributed by atoms with Crippen molar-refractivity contribution in [1.82, 2.24) is 10.3 Å². The molecule has 0 spiro atoms. The molecule has 4 nitrogen and oxygen atoms in total. The summed E-state index contributed by atoms with van der Waals surface area (Å²) in [7, 11) is 0. The molecule has 6 heteroatoms. The lowest BCUT2D eigenvalue weighted by atomic mass is 9.87. The summed E-state index contributed by atoms with van der Waals surface area (Å²) in [6, 6.07) is 16.5. The minimum Gasteiger partial charge on any atom is -0.372 e. The Labute approximate surface area is 198 Å². The maximum absolute atomic E-state index is 6.94. The third-order valence-electron chi connectivity index (χ3n) is 5.81. The summed E-state index contributed by atoms with van der Waals surface area (Å²) in [5, 5.41) is 5.37. The van der Waals surface area contributed by atoms with Crippen molar-refractivity contribution >= 4 is 50.8 Å². The highest BCUT2D eigenvalue weighted by Gasteiger charge is 2.41. The van der Waals surface area contributed by atoms with Crippen LogP contribution in [0.25, 0.3) is 10.9 Å². The number of nitrogens with one attached hydrogen (secondary N) is 1. The minimum absolute atomic E-state index is 0.376. The topological polar surface area (TPSA) is 54.2 Å². The van der Waals surface area contributed by atoms with Crippen molar-refractivity contribution < 1.29 is 0 Å². The van der Waals surface area contributed by atoms with Gasteiger partial charge in [0.25, 0.3) is 0 Å². The van der Waals surface area contributed by atoms with Crippen molar-refractivity contribution in [2.45, 2.75) is 43.3 Å². The number of hydrogen-bond donors (Lipinski definition) is 2. The maximum atomic E-state index is 6.94. The van der Waals surface area contributed by atoms with E-state index >= 15 is 0 Å². The number of fused-ring (bicyclic) bond motifs is 1. The first-order chi connectivity index (χ1) is 14.2. The number of rotatable bonds is 8. The highest BCUT2D eigenvalue weighted by atomic mass is 127. The Hall–Kier alpha value is -1.41. The van der Waals surface area contributed by atoms with Crippen LogP contribution in [0, 0.1) is 0 Å². The predicted molar refractivity (Wildman–Crippen MR) is 138 cm³/mol. The van der Waals surface area contributed by atoms with Crippen LogP contribution in [0.15, 0.2) is 54.7 Å².